The Labute approximate surface area is 149 Å². The molecule has 0 bridgehead atoms. The maximum Gasteiger partial charge on any atom is 0.258 e. The van der Waals surface area contributed by atoms with E-state index in [1.807, 2.05) is 6.92 Å². The van der Waals surface area contributed by atoms with Gasteiger partial charge in [-0.1, -0.05) is 11.6 Å². The topological polar surface area (TPSA) is 74.1 Å². The minimum absolute atomic E-state index is 0.0318. The third kappa shape index (κ3) is 3.18. The summed E-state index contributed by atoms with van der Waals surface area (Å²) in [5.41, 5.74) is 2.80. The van der Waals surface area contributed by atoms with E-state index in [-0.39, 0.29) is 17.9 Å². The summed E-state index contributed by atoms with van der Waals surface area (Å²) in [5, 5.41) is 1.12. The molecule has 7 heteroatoms. The number of pyridine rings is 3. The Balaban J connectivity index is 2.17. The van der Waals surface area contributed by atoms with Crippen LogP contribution in [0, 0.1) is 6.92 Å². The summed E-state index contributed by atoms with van der Waals surface area (Å²) in [5.74, 6) is -0.206. The van der Waals surface area contributed by atoms with Crippen molar-refractivity contribution in [1.29, 1.82) is 0 Å². The molecule has 0 spiro atoms. The highest BCUT2D eigenvalue weighted by atomic mass is 35.5. The number of fused-ring (bicyclic) bond motifs is 1. The lowest BCUT2D eigenvalue weighted by molar-refractivity contribution is 0.0843. The van der Waals surface area contributed by atoms with Crippen molar-refractivity contribution in [2.45, 2.75) is 6.92 Å². The van der Waals surface area contributed by atoms with Crippen molar-refractivity contribution < 1.29 is 9.53 Å². The van der Waals surface area contributed by atoms with Gasteiger partial charge in [-0.05, 0) is 30.7 Å². The van der Waals surface area contributed by atoms with Gasteiger partial charge >= 0.3 is 0 Å². The predicted molar refractivity (Wildman–Crippen MR) is 96.2 cm³/mol. The molecule has 0 aliphatic rings. The van der Waals surface area contributed by atoms with Gasteiger partial charge in [-0.15, -0.1) is 0 Å². The molecule has 0 saturated carbocycles. The van der Waals surface area contributed by atoms with Crippen molar-refractivity contribution in [2.75, 3.05) is 13.7 Å². The van der Waals surface area contributed by atoms with Gasteiger partial charge in [0, 0.05) is 43.1 Å². The van der Waals surface area contributed by atoms with Gasteiger partial charge in [-0.3, -0.25) is 14.6 Å². The van der Waals surface area contributed by atoms with E-state index >= 15 is 0 Å². The Hall–Kier alpha value is -2.57. The predicted octanol–water partition coefficient (Wildman–Crippen LogP) is 2.79. The SMILES string of the molecule is COCC(=O)c1cc(C)c(-c2cc3cnc(Cl)cc3n(C)c2=O)cn1. The van der Waals surface area contributed by atoms with E-state index in [0.29, 0.717) is 27.5 Å². The number of carbonyl (C=O) groups excluding carboxylic acids is 1. The first-order chi connectivity index (χ1) is 11.9. The second-order valence-electron chi connectivity index (χ2n) is 5.73. The summed E-state index contributed by atoms with van der Waals surface area (Å²) in [4.78, 5) is 32.9. The molecule has 3 heterocycles. The smallest absolute Gasteiger partial charge is 0.258 e. The maximum atomic E-state index is 12.8. The minimum Gasteiger partial charge on any atom is -0.376 e. The number of aryl methyl sites for hydroxylation is 2. The third-order valence-electron chi connectivity index (χ3n) is 4.04. The molecule has 128 valence electrons. The van der Waals surface area contributed by atoms with Crippen LogP contribution < -0.4 is 5.56 Å². The molecule has 0 unspecified atom stereocenters. The van der Waals surface area contributed by atoms with E-state index in [4.69, 9.17) is 16.3 Å². The van der Waals surface area contributed by atoms with E-state index < -0.39 is 0 Å². The molecular weight excluding hydrogens is 342 g/mol. The van der Waals surface area contributed by atoms with Gasteiger partial charge in [0.2, 0.25) is 5.78 Å². The Morgan fingerprint density at radius 1 is 1.20 bits per heavy atom. The fourth-order valence-corrected chi connectivity index (χ4v) is 2.88. The fraction of sp³-hybridized carbons (Fsp3) is 0.222. The number of ketones is 1. The zero-order chi connectivity index (χ0) is 18.1. The fourth-order valence-electron chi connectivity index (χ4n) is 2.73. The maximum absolute atomic E-state index is 12.8. The molecule has 0 saturated heterocycles. The van der Waals surface area contributed by atoms with Gasteiger partial charge in [0.25, 0.3) is 5.56 Å². The Morgan fingerprint density at radius 3 is 2.64 bits per heavy atom. The van der Waals surface area contributed by atoms with Crippen molar-refractivity contribution in [3.05, 3.63) is 57.4 Å². The minimum atomic E-state index is -0.206. The van der Waals surface area contributed by atoms with Crippen LogP contribution in [0.2, 0.25) is 5.15 Å². The van der Waals surface area contributed by atoms with E-state index in [2.05, 4.69) is 9.97 Å². The standard InChI is InChI=1S/C18H16ClN3O3/c1-10-4-14(16(23)9-25-3)20-8-13(10)12-5-11-7-21-17(19)6-15(11)22(2)18(12)24/h4-8H,9H2,1-3H3. The molecule has 0 aromatic carbocycles. The first-order valence-corrected chi connectivity index (χ1v) is 7.94. The number of hydrogen-bond donors (Lipinski definition) is 0. The highest BCUT2D eigenvalue weighted by molar-refractivity contribution is 6.30. The average molecular weight is 358 g/mol. The molecule has 25 heavy (non-hydrogen) atoms. The van der Waals surface area contributed by atoms with Crippen molar-refractivity contribution in [1.82, 2.24) is 14.5 Å². The van der Waals surface area contributed by atoms with Crippen LogP contribution >= 0.6 is 11.6 Å². The van der Waals surface area contributed by atoms with Gasteiger partial charge in [0.1, 0.15) is 17.5 Å². The van der Waals surface area contributed by atoms with E-state index in [1.165, 1.54) is 11.7 Å². The summed E-state index contributed by atoms with van der Waals surface area (Å²) in [6.07, 6.45) is 3.17. The van der Waals surface area contributed by atoms with Crippen LogP contribution in [0.15, 0.2) is 35.4 Å². The monoisotopic (exact) mass is 357 g/mol. The second kappa shape index (κ2) is 6.74. The van der Waals surface area contributed by atoms with E-state index in [1.54, 1.807) is 37.6 Å². The molecule has 0 amide bonds. The molecule has 0 aliphatic heterocycles. The second-order valence-corrected chi connectivity index (χ2v) is 6.12. The van der Waals surface area contributed by atoms with Crippen LogP contribution in [0.3, 0.4) is 0 Å². The number of Topliss-reactive ketones (excluding diaryl/α,β-unsaturated/α-hetero) is 1. The van der Waals surface area contributed by atoms with Gasteiger partial charge in [0.15, 0.2) is 0 Å². The molecule has 0 aliphatic carbocycles. The molecule has 3 aromatic rings. The first kappa shape index (κ1) is 17.3. The lowest BCUT2D eigenvalue weighted by atomic mass is 10.0. The number of ether oxygens (including phenoxy) is 1. The summed E-state index contributed by atoms with van der Waals surface area (Å²) >= 11 is 5.92. The van der Waals surface area contributed by atoms with E-state index in [9.17, 15) is 9.59 Å². The van der Waals surface area contributed by atoms with Crippen LogP contribution in [0.4, 0.5) is 0 Å². The Kier molecular flexibility index (Phi) is 4.65. The van der Waals surface area contributed by atoms with Crippen LogP contribution in [0.1, 0.15) is 16.1 Å². The van der Waals surface area contributed by atoms with Gasteiger partial charge in [0.05, 0.1) is 5.52 Å². The number of methoxy groups -OCH3 is 1. The summed E-state index contributed by atoms with van der Waals surface area (Å²) in [7, 11) is 3.14. The molecule has 3 rings (SSSR count). The van der Waals surface area contributed by atoms with Crippen LogP contribution in [-0.2, 0) is 11.8 Å². The summed E-state index contributed by atoms with van der Waals surface area (Å²) in [6.45, 7) is 1.81. The van der Waals surface area contributed by atoms with E-state index in [0.717, 1.165) is 10.9 Å². The number of halogens is 1. The van der Waals surface area contributed by atoms with Crippen LogP contribution in [-0.4, -0.2) is 34.0 Å². The van der Waals surface area contributed by atoms with Crippen molar-refractivity contribution in [2.24, 2.45) is 7.05 Å². The molecular formula is C18H16ClN3O3. The number of nitrogens with zero attached hydrogens (tertiary/aromatic N) is 3. The zero-order valence-corrected chi connectivity index (χ0v) is 14.8. The van der Waals surface area contributed by atoms with Crippen molar-refractivity contribution in [3.8, 4) is 11.1 Å². The number of carbonyl (C=O) groups is 1. The summed E-state index contributed by atoms with van der Waals surface area (Å²) in [6, 6.07) is 5.09. The summed E-state index contributed by atoms with van der Waals surface area (Å²) < 4.78 is 6.37. The number of aromatic nitrogens is 3. The molecule has 0 radical (unpaired) electrons. The third-order valence-corrected chi connectivity index (χ3v) is 4.24. The van der Waals surface area contributed by atoms with Crippen molar-refractivity contribution >= 4 is 28.3 Å². The molecule has 0 fully saturated rings. The lowest BCUT2D eigenvalue weighted by Gasteiger charge is -2.11. The lowest BCUT2D eigenvalue weighted by Crippen LogP contribution is -2.19. The molecule has 0 N–H and O–H groups in total. The number of hydrogen-bond acceptors (Lipinski definition) is 5. The number of rotatable bonds is 4. The molecule has 6 nitrogen and oxygen atoms in total. The van der Waals surface area contributed by atoms with Gasteiger partial charge in [-0.25, -0.2) is 4.98 Å². The highest BCUT2D eigenvalue weighted by Crippen LogP contribution is 2.24. The van der Waals surface area contributed by atoms with Gasteiger partial charge < -0.3 is 9.30 Å². The zero-order valence-electron chi connectivity index (χ0n) is 14.0. The quantitative estimate of drug-likeness (QED) is 0.530. The van der Waals surface area contributed by atoms with Crippen LogP contribution in [0.5, 0.6) is 0 Å². The van der Waals surface area contributed by atoms with Gasteiger partial charge in [-0.2, -0.15) is 0 Å². The average Bonchev–Trinajstić information content (AvgIpc) is 2.59. The molecule has 3 aromatic heterocycles. The Morgan fingerprint density at radius 2 is 1.96 bits per heavy atom. The Bertz CT molecular complexity index is 1040. The van der Waals surface area contributed by atoms with Crippen LogP contribution in [0.25, 0.3) is 22.0 Å². The first-order valence-electron chi connectivity index (χ1n) is 7.57. The van der Waals surface area contributed by atoms with Crippen molar-refractivity contribution in [3.63, 3.8) is 0 Å². The largest absolute Gasteiger partial charge is 0.376 e. The molecule has 0 atom stereocenters. The normalized spacial score (nSPS) is 11.0. The highest BCUT2D eigenvalue weighted by Gasteiger charge is 2.14.